The minimum Gasteiger partial charge on any atom is -0.469 e. The van der Waals surface area contributed by atoms with Crippen molar-refractivity contribution in [1.29, 1.82) is 0 Å². The number of methoxy groups -OCH3 is 1. The van der Waals surface area contributed by atoms with Gasteiger partial charge in [-0.25, -0.2) is 0 Å². The maximum atomic E-state index is 12.1. The van der Waals surface area contributed by atoms with Gasteiger partial charge in [0.1, 0.15) is 0 Å². The van der Waals surface area contributed by atoms with E-state index in [2.05, 4.69) is 10.2 Å². The first-order valence-electron chi connectivity index (χ1n) is 7.36. The second-order valence-electron chi connectivity index (χ2n) is 5.58. The van der Waals surface area contributed by atoms with E-state index in [1.165, 1.54) is 7.11 Å². The highest BCUT2D eigenvalue weighted by atomic mass is 35.5. The number of likely N-dealkylation sites (tertiary alicyclic amines) is 1. The van der Waals surface area contributed by atoms with E-state index >= 15 is 0 Å². The van der Waals surface area contributed by atoms with Crippen LogP contribution in [0.15, 0.2) is 18.2 Å². The van der Waals surface area contributed by atoms with Crippen LogP contribution in [0.5, 0.6) is 0 Å². The predicted molar refractivity (Wildman–Crippen MR) is 86.0 cm³/mol. The maximum Gasteiger partial charge on any atom is 0.308 e. The van der Waals surface area contributed by atoms with E-state index in [-0.39, 0.29) is 17.8 Å². The van der Waals surface area contributed by atoms with Gasteiger partial charge >= 0.3 is 5.97 Å². The fraction of sp³-hybridized carbons (Fsp3) is 0.500. The molecule has 1 fully saturated rings. The summed E-state index contributed by atoms with van der Waals surface area (Å²) in [6, 6.07) is 5.38. The number of hydrogen-bond acceptors (Lipinski definition) is 4. The standard InChI is InChI=1S/C16H21ClN2O3/c1-11-9-13(17)3-4-14(11)18-15(20)10-19-7-5-12(6-8-19)16(21)22-2/h3-4,9,12H,5-8,10H2,1-2H3,(H,18,20). The number of amides is 1. The Morgan fingerprint density at radius 2 is 2.05 bits per heavy atom. The third kappa shape index (κ3) is 4.45. The molecular weight excluding hydrogens is 304 g/mol. The Bertz CT molecular complexity index is 554. The van der Waals surface area contributed by atoms with Crippen LogP contribution in [0.4, 0.5) is 5.69 Å². The smallest absolute Gasteiger partial charge is 0.308 e. The SMILES string of the molecule is COC(=O)C1CCN(CC(=O)Nc2ccc(Cl)cc2C)CC1. The number of ether oxygens (including phenoxy) is 1. The summed E-state index contributed by atoms with van der Waals surface area (Å²) < 4.78 is 4.76. The van der Waals surface area contributed by atoms with Crippen molar-refractivity contribution in [2.45, 2.75) is 19.8 Å². The summed E-state index contributed by atoms with van der Waals surface area (Å²) in [5.74, 6) is -0.245. The van der Waals surface area contributed by atoms with Crippen molar-refractivity contribution in [2.24, 2.45) is 5.92 Å². The van der Waals surface area contributed by atoms with Crippen molar-refractivity contribution in [1.82, 2.24) is 4.90 Å². The number of rotatable bonds is 4. The average molecular weight is 325 g/mol. The lowest BCUT2D eigenvalue weighted by molar-refractivity contribution is -0.147. The van der Waals surface area contributed by atoms with Gasteiger partial charge < -0.3 is 10.1 Å². The normalized spacial score (nSPS) is 16.3. The molecule has 0 spiro atoms. The van der Waals surface area contributed by atoms with E-state index in [0.29, 0.717) is 11.6 Å². The number of hydrogen-bond donors (Lipinski definition) is 1. The first-order chi connectivity index (χ1) is 10.5. The fourth-order valence-electron chi connectivity index (χ4n) is 2.65. The number of anilines is 1. The van der Waals surface area contributed by atoms with Gasteiger partial charge in [-0.3, -0.25) is 14.5 Å². The van der Waals surface area contributed by atoms with E-state index in [9.17, 15) is 9.59 Å². The van der Waals surface area contributed by atoms with Crippen LogP contribution in [-0.4, -0.2) is 43.5 Å². The minimum absolute atomic E-state index is 0.0391. The number of piperidine rings is 1. The average Bonchev–Trinajstić information content (AvgIpc) is 2.50. The molecule has 0 aromatic heterocycles. The third-order valence-electron chi connectivity index (χ3n) is 3.95. The summed E-state index contributed by atoms with van der Waals surface area (Å²) in [6.45, 7) is 3.69. The highest BCUT2D eigenvalue weighted by molar-refractivity contribution is 6.30. The number of esters is 1. The highest BCUT2D eigenvalue weighted by Crippen LogP contribution is 2.20. The van der Waals surface area contributed by atoms with Crippen molar-refractivity contribution in [3.63, 3.8) is 0 Å². The fourth-order valence-corrected chi connectivity index (χ4v) is 2.88. The molecule has 1 aromatic rings. The van der Waals surface area contributed by atoms with Crippen LogP contribution < -0.4 is 5.32 Å². The number of nitrogens with one attached hydrogen (secondary N) is 1. The van der Waals surface area contributed by atoms with Crippen molar-refractivity contribution >= 4 is 29.2 Å². The number of benzene rings is 1. The Kier molecular flexibility index (Phi) is 5.80. The molecule has 1 aliphatic rings. The van der Waals surface area contributed by atoms with E-state index in [1.807, 2.05) is 13.0 Å². The molecule has 0 aliphatic carbocycles. The number of aryl methyl sites for hydroxylation is 1. The largest absolute Gasteiger partial charge is 0.469 e. The van der Waals surface area contributed by atoms with E-state index in [4.69, 9.17) is 16.3 Å². The monoisotopic (exact) mass is 324 g/mol. The molecule has 0 radical (unpaired) electrons. The van der Waals surface area contributed by atoms with Crippen LogP contribution in [0, 0.1) is 12.8 Å². The van der Waals surface area contributed by atoms with Gasteiger partial charge in [0.05, 0.1) is 19.6 Å². The van der Waals surface area contributed by atoms with Crippen LogP contribution in [-0.2, 0) is 14.3 Å². The van der Waals surface area contributed by atoms with E-state index in [1.54, 1.807) is 12.1 Å². The molecule has 2 rings (SSSR count). The number of halogens is 1. The lowest BCUT2D eigenvalue weighted by atomic mass is 9.97. The molecule has 1 heterocycles. The van der Waals surface area contributed by atoms with Crippen LogP contribution in [0.3, 0.4) is 0 Å². The summed E-state index contributed by atoms with van der Waals surface area (Å²) in [6.07, 6.45) is 1.47. The Labute approximate surface area is 135 Å². The summed E-state index contributed by atoms with van der Waals surface area (Å²) >= 11 is 5.90. The van der Waals surface area contributed by atoms with E-state index < -0.39 is 0 Å². The molecule has 0 bridgehead atoms. The van der Waals surface area contributed by atoms with Gasteiger partial charge in [0.25, 0.3) is 0 Å². The van der Waals surface area contributed by atoms with Gasteiger partial charge in [-0.2, -0.15) is 0 Å². The maximum absolute atomic E-state index is 12.1. The quantitative estimate of drug-likeness (QED) is 0.864. The second-order valence-corrected chi connectivity index (χ2v) is 6.02. The molecule has 1 aliphatic heterocycles. The molecule has 22 heavy (non-hydrogen) atoms. The molecule has 1 amide bonds. The minimum atomic E-state index is -0.152. The van der Waals surface area contributed by atoms with Gasteiger partial charge in [0.2, 0.25) is 5.91 Å². The third-order valence-corrected chi connectivity index (χ3v) is 4.19. The number of carbonyl (C=O) groups is 2. The van der Waals surface area contributed by atoms with Crippen molar-refractivity contribution in [3.05, 3.63) is 28.8 Å². The summed E-state index contributed by atoms with van der Waals surface area (Å²) in [7, 11) is 1.41. The molecule has 120 valence electrons. The van der Waals surface area contributed by atoms with Gasteiger partial charge in [-0.15, -0.1) is 0 Å². The molecule has 0 atom stereocenters. The summed E-state index contributed by atoms with van der Waals surface area (Å²) in [4.78, 5) is 25.6. The second kappa shape index (κ2) is 7.61. The first-order valence-corrected chi connectivity index (χ1v) is 7.73. The van der Waals surface area contributed by atoms with Crippen LogP contribution >= 0.6 is 11.6 Å². The summed E-state index contributed by atoms with van der Waals surface area (Å²) in [5, 5.41) is 3.55. The Balaban J connectivity index is 1.82. The van der Waals surface area contributed by atoms with Gasteiger partial charge in [0.15, 0.2) is 0 Å². The van der Waals surface area contributed by atoms with Gasteiger partial charge in [-0.05, 0) is 56.6 Å². The number of nitrogens with zero attached hydrogens (tertiary/aromatic N) is 1. The first kappa shape index (κ1) is 16.8. The molecule has 0 saturated carbocycles. The molecule has 6 heteroatoms. The van der Waals surface area contributed by atoms with Crippen LogP contribution in [0.1, 0.15) is 18.4 Å². The molecule has 0 unspecified atom stereocenters. The molecule has 1 N–H and O–H groups in total. The molecule has 1 saturated heterocycles. The zero-order valence-corrected chi connectivity index (χ0v) is 13.7. The van der Waals surface area contributed by atoms with Crippen LogP contribution in [0.2, 0.25) is 5.02 Å². The Morgan fingerprint density at radius 3 is 2.64 bits per heavy atom. The van der Waals surface area contributed by atoms with Gasteiger partial charge in [0, 0.05) is 10.7 Å². The zero-order chi connectivity index (χ0) is 16.1. The Morgan fingerprint density at radius 1 is 1.36 bits per heavy atom. The highest BCUT2D eigenvalue weighted by Gasteiger charge is 2.26. The molecular formula is C16H21ClN2O3. The molecule has 1 aromatic carbocycles. The molecule has 5 nitrogen and oxygen atoms in total. The lowest BCUT2D eigenvalue weighted by Crippen LogP contribution is -2.41. The predicted octanol–water partition coefficient (Wildman–Crippen LogP) is 2.47. The zero-order valence-electron chi connectivity index (χ0n) is 12.9. The van der Waals surface area contributed by atoms with Crippen LogP contribution in [0.25, 0.3) is 0 Å². The summed E-state index contributed by atoms with van der Waals surface area (Å²) in [5.41, 5.74) is 1.71. The van der Waals surface area contributed by atoms with E-state index in [0.717, 1.165) is 37.2 Å². The van der Waals surface area contributed by atoms with Crippen molar-refractivity contribution < 1.29 is 14.3 Å². The Hall–Kier alpha value is -1.59. The van der Waals surface area contributed by atoms with Gasteiger partial charge in [-0.1, -0.05) is 11.6 Å². The lowest BCUT2D eigenvalue weighted by Gasteiger charge is -2.30. The number of carbonyl (C=O) groups excluding carboxylic acids is 2. The van der Waals surface area contributed by atoms with Crippen molar-refractivity contribution in [3.8, 4) is 0 Å². The topological polar surface area (TPSA) is 58.6 Å². The van der Waals surface area contributed by atoms with Crippen molar-refractivity contribution in [2.75, 3.05) is 32.1 Å².